The molecule has 0 saturated carbocycles. The number of carbonyl (C=O) groups excluding carboxylic acids is 1. The van der Waals surface area contributed by atoms with Crippen molar-refractivity contribution >= 4 is 45.0 Å². The lowest BCUT2D eigenvalue weighted by Gasteiger charge is -2.25. The van der Waals surface area contributed by atoms with Crippen LogP contribution in [0.15, 0.2) is 58.3 Å². The van der Waals surface area contributed by atoms with Gasteiger partial charge in [-0.25, -0.2) is 8.42 Å². The Kier molecular flexibility index (Phi) is 7.04. The van der Waals surface area contributed by atoms with Gasteiger partial charge in [-0.15, -0.1) is 11.8 Å². The van der Waals surface area contributed by atoms with Crippen LogP contribution in [0.1, 0.15) is 26.2 Å². The molecule has 0 spiro atoms. The van der Waals surface area contributed by atoms with E-state index in [2.05, 4.69) is 5.32 Å². The van der Waals surface area contributed by atoms with Gasteiger partial charge in [-0.1, -0.05) is 18.0 Å². The molecule has 2 aromatic rings. The normalized spacial score (nSPS) is 16.5. The SMILES string of the molecule is C[C@@H](Sc1ccc(Cl)cc1)C(=O)Nc1ccc(S(=O)(=O)N2CCCCC2)cc1. The summed E-state index contributed by atoms with van der Waals surface area (Å²) < 4.78 is 26.9. The number of hydrogen-bond donors (Lipinski definition) is 1. The van der Waals surface area contributed by atoms with Gasteiger partial charge in [-0.05, 0) is 68.3 Å². The highest BCUT2D eigenvalue weighted by molar-refractivity contribution is 8.00. The van der Waals surface area contributed by atoms with Gasteiger partial charge in [0.15, 0.2) is 0 Å². The van der Waals surface area contributed by atoms with Crippen LogP contribution in [-0.2, 0) is 14.8 Å². The Morgan fingerprint density at radius 2 is 1.64 bits per heavy atom. The van der Waals surface area contributed by atoms with E-state index >= 15 is 0 Å². The highest BCUT2D eigenvalue weighted by Gasteiger charge is 2.25. The summed E-state index contributed by atoms with van der Waals surface area (Å²) in [7, 11) is -3.46. The number of benzene rings is 2. The Labute approximate surface area is 175 Å². The minimum atomic E-state index is -3.46. The van der Waals surface area contributed by atoms with Crippen molar-refractivity contribution in [3.63, 3.8) is 0 Å². The first-order valence-electron chi connectivity index (χ1n) is 9.19. The van der Waals surface area contributed by atoms with Gasteiger partial charge in [0.1, 0.15) is 0 Å². The van der Waals surface area contributed by atoms with E-state index in [-0.39, 0.29) is 16.1 Å². The second-order valence-electron chi connectivity index (χ2n) is 6.69. The average molecular weight is 439 g/mol. The number of piperidine rings is 1. The number of thioether (sulfide) groups is 1. The molecule has 1 aliphatic heterocycles. The number of halogens is 1. The summed E-state index contributed by atoms with van der Waals surface area (Å²) >= 11 is 7.31. The minimum Gasteiger partial charge on any atom is -0.325 e. The molecule has 1 aliphatic rings. The van der Waals surface area contributed by atoms with E-state index < -0.39 is 10.0 Å². The number of nitrogens with zero attached hydrogens (tertiary/aromatic N) is 1. The number of sulfonamides is 1. The van der Waals surface area contributed by atoms with Crippen molar-refractivity contribution in [3.8, 4) is 0 Å². The first-order valence-corrected chi connectivity index (χ1v) is 11.9. The molecule has 1 fully saturated rings. The van der Waals surface area contributed by atoms with E-state index in [1.165, 1.54) is 16.1 Å². The molecular formula is C20H23ClN2O3S2. The Morgan fingerprint density at radius 3 is 2.25 bits per heavy atom. The van der Waals surface area contributed by atoms with E-state index in [0.717, 1.165) is 24.2 Å². The standard InChI is InChI=1S/C20H23ClN2O3S2/c1-15(27-18-9-5-16(21)6-10-18)20(24)22-17-7-11-19(12-8-17)28(25,26)23-13-3-2-4-14-23/h5-12,15H,2-4,13-14H2,1H3,(H,22,24)/t15-/m1/s1. The monoisotopic (exact) mass is 438 g/mol. The molecule has 0 aromatic heterocycles. The molecule has 1 atom stereocenters. The fourth-order valence-corrected chi connectivity index (χ4v) is 5.49. The molecule has 0 unspecified atom stereocenters. The molecule has 0 aliphatic carbocycles. The van der Waals surface area contributed by atoms with Gasteiger partial charge in [-0.3, -0.25) is 4.79 Å². The van der Waals surface area contributed by atoms with Gasteiger partial charge >= 0.3 is 0 Å². The predicted octanol–water partition coefficient (Wildman–Crippen LogP) is 4.63. The van der Waals surface area contributed by atoms with E-state index in [9.17, 15) is 13.2 Å². The lowest BCUT2D eigenvalue weighted by Crippen LogP contribution is -2.35. The van der Waals surface area contributed by atoms with E-state index in [1.54, 1.807) is 36.4 Å². The average Bonchev–Trinajstić information content (AvgIpc) is 2.70. The summed E-state index contributed by atoms with van der Waals surface area (Å²) in [5.41, 5.74) is 0.575. The summed E-state index contributed by atoms with van der Waals surface area (Å²) in [5, 5.41) is 3.18. The van der Waals surface area contributed by atoms with Crippen molar-refractivity contribution in [2.75, 3.05) is 18.4 Å². The van der Waals surface area contributed by atoms with E-state index in [0.29, 0.717) is 23.8 Å². The second-order valence-corrected chi connectivity index (χ2v) is 10.5. The predicted molar refractivity (Wildman–Crippen MR) is 114 cm³/mol. The molecule has 1 N–H and O–H groups in total. The van der Waals surface area contributed by atoms with Gasteiger partial charge in [0.25, 0.3) is 0 Å². The number of carbonyl (C=O) groups is 1. The smallest absolute Gasteiger partial charge is 0.243 e. The molecule has 1 heterocycles. The molecule has 0 bridgehead atoms. The van der Waals surface area contributed by atoms with Crippen LogP contribution in [0.4, 0.5) is 5.69 Å². The zero-order valence-corrected chi connectivity index (χ0v) is 18.0. The summed E-state index contributed by atoms with van der Waals surface area (Å²) in [6.07, 6.45) is 2.87. The van der Waals surface area contributed by atoms with Crippen molar-refractivity contribution in [2.24, 2.45) is 0 Å². The maximum Gasteiger partial charge on any atom is 0.243 e. The van der Waals surface area contributed by atoms with Crippen molar-refractivity contribution < 1.29 is 13.2 Å². The fraction of sp³-hybridized carbons (Fsp3) is 0.350. The largest absolute Gasteiger partial charge is 0.325 e. The third kappa shape index (κ3) is 5.29. The first kappa shape index (κ1) is 21.2. The lowest BCUT2D eigenvalue weighted by atomic mass is 10.2. The van der Waals surface area contributed by atoms with Crippen LogP contribution in [0.3, 0.4) is 0 Å². The quantitative estimate of drug-likeness (QED) is 0.667. The molecule has 8 heteroatoms. The van der Waals surface area contributed by atoms with Crippen LogP contribution in [-0.4, -0.2) is 37.0 Å². The first-order chi connectivity index (χ1) is 13.4. The number of anilines is 1. The topological polar surface area (TPSA) is 66.5 Å². The van der Waals surface area contributed by atoms with E-state index in [1.807, 2.05) is 19.1 Å². The van der Waals surface area contributed by atoms with Gasteiger partial charge in [0.05, 0.1) is 10.1 Å². The molecule has 1 amide bonds. The molecule has 0 radical (unpaired) electrons. The van der Waals surface area contributed by atoms with Crippen LogP contribution >= 0.6 is 23.4 Å². The van der Waals surface area contributed by atoms with Crippen molar-refractivity contribution in [1.29, 1.82) is 0 Å². The third-order valence-electron chi connectivity index (χ3n) is 4.57. The number of nitrogens with one attached hydrogen (secondary N) is 1. The Bertz CT molecular complexity index is 909. The number of hydrogen-bond acceptors (Lipinski definition) is 4. The highest BCUT2D eigenvalue weighted by Crippen LogP contribution is 2.26. The van der Waals surface area contributed by atoms with E-state index in [4.69, 9.17) is 11.6 Å². The second kappa shape index (κ2) is 9.31. The Balaban J connectivity index is 1.61. The minimum absolute atomic E-state index is 0.147. The van der Waals surface area contributed by atoms with Crippen LogP contribution in [0, 0.1) is 0 Å². The molecule has 2 aromatic carbocycles. The molecule has 3 rings (SSSR count). The molecule has 28 heavy (non-hydrogen) atoms. The van der Waals surface area contributed by atoms with Gasteiger partial charge in [0, 0.05) is 28.7 Å². The van der Waals surface area contributed by atoms with Crippen LogP contribution in [0.25, 0.3) is 0 Å². The number of rotatable bonds is 6. The zero-order valence-electron chi connectivity index (χ0n) is 15.6. The van der Waals surface area contributed by atoms with Gasteiger partial charge < -0.3 is 5.32 Å². The van der Waals surface area contributed by atoms with Crippen LogP contribution in [0.5, 0.6) is 0 Å². The van der Waals surface area contributed by atoms with Crippen molar-refractivity contribution in [3.05, 3.63) is 53.6 Å². The van der Waals surface area contributed by atoms with Crippen molar-refractivity contribution in [1.82, 2.24) is 4.31 Å². The zero-order chi connectivity index (χ0) is 20.1. The molecular weight excluding hydrogens is 416 g/mol. The maximum atomic E-state index is 12.7. The summed E-state index contributed by atoms with van der Waals surface area (Å²) in [6.45, 7) is 2.96. The number of amides is 1. The lowest BCUT2D eigenvalue weighted by molar-refractivity contribution is -0.115. The highest BCUT2D eigenvalue weighted by atomic mass is 35.5. The van der Waals surface area contributed by atoms with Gasteiger partial charge in [-0.2, -0.15) is 4.31 Å². The Hall–Kier alpha value is -1.54. The third-order valence-corrected chi connectivity index (χ3v) is 7.85. The Morgan fingerprint density at radius 1 is 1.04 bits per heavy atom. The van der Waals surface area contributed by atoms with Crippen LogP contribution < -0.4 is 5.32 Å². The molecule has 150 valence electrons. The maximum absolute atomic E-state index is 12.7. The van der Waals surface area contributed by atoms with Crippen LogP contribution in [0.2, 0.25) is 5.02 Å². The summed E-state index contributed by atoms with van der Waals surface area (Å²) in [4.78, 5) is 13.6. The molecule has 1 saturated heterocycles. The fourth-order valence-electron chi connectivity index (χ4n) is 2.98. The summed E-state index contributed by atoms with van der Waals surface area (Å²) in [5.74, 6) is -0.147. The molecule has 5 nitrogen and oxygen atoms in total. The van der Waals surface area contributed by atoms with Gasteiger partial charge in [0.2, 0.25) is 15.9 Å². The van der Waals surface area contributed by atoms with Crippen molar-refractivity contribution in [2.45, 2.75) is 41.2 Å². The summed E-state index contributed by atoms with van der Waals surface area (Å²) in [6, 6.07) is 13.7.